The Labute approximate surface area is 180 Å². The van der Waals surface area contributed by atoms with E-state index in [2.05, 4.69) is 9.97 Å². The van der Waals surface area contributed by atoms with Crippen LogP contribution >= 0.6 is 11.6 Å². The number of hydrogen-bond donors (Lipinski definition) is 2. The molecular weight excluding hydrogens is 404 g/mol. The largest absolute Gasteiger partial charge is 0.439 e. The molecule has 0 unspecified atom stereocenters. The fourth-order valence-electron chi connectivity index (χ4n) is 3.61. The molecule has 1 aliphatic rings. The van der Waals surface area contributed by atoms with Gasteiger partial charge in [0.25, 0.3) is 0 Å². The summed E-state index contributed by atoms with van der Waals surface area (Å²) in [5.74, 6) is 1.18. The summed E-state index contributed by atoms with van der Waals surface area (Å²) in [6.07, 6.45) is 3.59. The minimum atomic E-state index is -0.484. The summed E-state index contributed by atoms with van der Waals surface area (Å²) in [7, 11) is 0. The molecule has 4 rings (SSSR count). The van der Waals surface area contributed by atoms with Gasteiger partial charge in [0.05, 0.1) is 24.9 Å². The Hall–Kier alpha value is -2.51. The van der Waals surface area contributed by atoms with E-state index >= 15 is 0 Å². The predicted octanol–water partition coefficient (Wildman–Crippen LogP) is 4.09. The van der Waals surface area contributed by atoms with Crippen LogP contribution in [0.3, 0.4) is 0 Å². The van der Waals surface area contributed by atoms with E-state index in [4.69, 9.17) is 21.1 Å². The van der Waals surface area contributed by atoms with Crippen LogP contribution in [-0.4, -0.2) is 39.0 Å². The van der Waals surface area contributed by atoms with Crippen molar-refractivity contribution in [3.05, 3.63) is 82.8 Å². The maximum Gasteiger partial charge on any atom is 0.222 e. The molecular formula is C23H23ClN2O4. The molecule has 3 atom stereocenters. The average molecular weight is 427 g/mol. The number of ether oxygens (including phenoxy) is 2. The van der Waals surface area contributed by atoms with Crippen molar-refractivity contribution in [2.24, 2.45) is 0 Å². The van der Waals surface area contributed by atoms with Gasteiger partial charge in [0.1, 0.15) is 12.1 Å². The number of rotatable bonds is 6. The summed E-state index contributed by atoms with van der Waals surface area (Å²) in [5.41, 5.74) is 3.01. The number of benzene rings is 2. The quantitative estimate of drug-likeness (QED) is 0.617. The molecule has 0 radical (unpaired) electrons. The van der Waals surface area contributed by atoms with Crippen LogP contribution in [0.5, 0.6) is 11.6 Å². The van der Waals surface area contributed by atoms with Crippen molar-refractivity contribution in [2.75, 3.05) is 6.61 Å². The van der Waals surface area contributed by atoms with E-state index in [1.165, 1.54) is 6.33 Å². The van der Waals surface area contributed by atoms with Crippen LogP contribution in [0.1, 0.15) is 35.6 Å². The van der Waals surface area contributed by atoms with Crippen molar-refractivity contribution < 1.29 is 19.7 Å². The molecule has 0 bridgehead atoms. The smallest absolute Gasteiger partial charge is 0.222 e. The molecule has 1 aromatic heterocycles. The molecule has 2 N–H and O–H groups in total. The predicted molar refractivity (Wildman–Crippen MR) is 113 cm³/mol. The second-order valence-electron chi connectivity index (χ2n) is 7.38. The van der Waals surface area contributed by atoms with Gasteiger partial charge in [-0.2, -0.15) is 0 Å². The molecule has 1 saturated heterocycles. The van der Waals surface area contributed by atoms with Crippen LogP contribution in [0.2, 0.25) is 5.02 Å². The van der Waals surface area contributed by atoms with Crippen molar-refractivity contribution in [3.63, 3.8) is 0 Å². The highest BCUT2D eigenvalue weighted by Gasteiger charge is 2.29. The van der Waals surface area contributed by atoms with E-state index in [9.17, 15) is 10.2 Å². The van der Waals surface area contributed by atoms with Crippen molar-refractivity contribution in [1.29, 1.82) is 0 Å². The van der Waals surface area contributed by atoms with E-state index in [1.54, 1.807) is 12.3 Å². The fourth-order valence-corrected chi connectivity index (χ4v) is 3.79. The lowest BCUT2D eigenvalue weighted by Crippen LogP contribution is -2.33. The third-order valence-electron chi connectivity index (χ3n) is 5.12. The standard InChI is InChI=1S/C23H23ClN2O4/c24-21-6-3-16(22-12-18(28)11-20(13-27)29-22)10-17(21)9-15-1-4-19(5-2-15)30-23-7-8-25-14-26-23/h1-8,10,14,18,20,22,27-28H,9,11-13H2/t18-,20-,22+/m0/s1. The van der Waals surface area contributed by atoms with Gasteiger partial charge in [-0.05, 0) is 41.3 Å². The average Bonchev–Trinajstić information content (AvgIpc) is 2.77. The molecule has 2 aromatic carbocycles. The number of aliphatic hydroxyl groups is 2. The Balaban J connectivity index is 1.47. The fraction of sp³-hybridized carbons (Fsp3) is 0.304. The Bertz CT molecular complexity index is 969. The minimum Gasteiger partial charge on any atom is -0.439 e. The van der Waals surface area contributed by atoms with Gasteiger partial charge in [-0.1, -0.05) is 35.9 Å². The van der Waals surface area contributed by atoms with E-state index < -0.39 is 6.10 Å². The first-order valence-electron chi connectivity index (χ1n) is 9.86. The van der Waals surface area contributed by atoms with Crippen LogP contribution in [0.15, 0.2) is 61.1 Å². The monoisotopic (exact) mass is 426 g/mol. The molecule has 0 amide bonds. The zero-order chi connectivity index (χ0) is 20.9. The van der Waals surface area contributed by atoms with Crippen LogP contribution in [-0.2, 0) is 11.2 Å². The second kappa shape index (κ2) is 9.53. The SMILES string of the molecule is OC[C@@H]1C[C@H](O)C[C@H](c2ccc(Cl)c(Cc3ccc(Oc4ccncn4)cc3)c2)O1. The Morgan fingerprint density at radius 2 is 1.93 bits per heavy atom. The lowest BCUT2D eigenvalue weighted by Gasteiger charge is -2.32. The molecule has 156 valence electrons. The van der Waals surface area contributed by atoms with E-state index in [0.717, 1.165) is 16.7 Å². The van der Waals surface area contributed by atoms with Crippen molar-refractivity contribution in [2.45, 2.75) is 37.6 Å². The maximum absolute atomic E-state index is 10.1. The summed E-state index contributed by atoms with van der Waals surface area (Å²) in [5, 5.41) is 20.2. The Morgan fingerprint density at radius 1 is 1.10 bits per heavy atom. The summed E-state index contributed by atoms with van der Waals surface area (Å²) in [6, 6.07) is 15.3. The van der Waals surface area contributed by atoms with Gasteiger partial charge in [-0.15, -0.1) is 0 Å². The van der Waals surface area contributed by atoms with Crippen LogP contribution < -0.4 is 4.74 Å². The van der Waals surface area contributed by atoms with Gasteiger partial charge in [-0.25, -0.2) is 9.97 Å². The van der Waals surface area contributed by atoms with Gasteiger partial charge in [0.15, 0.2) is 0 Å². The van der Waals surface area contributed by atoms with Gasteiger partial charge < -0.3 is 19.7 Å². The number of aliphatic hydroxyl groups excluding tert-OH is 2. The maximum atomic E-state index is 10.1. The number of halogens is 1. The lowest BCUT2D eigenvalue weighted by molar-refractivity contribution is -0.113. The summed E-state index contributed by atoms with van der Waals surface area (Å²) in [4.78, 5) is 7.92. The highest BCUT2D eigenvalue weighted by Crippen LogP contribution is 2.34. The van der Waals surface area contributed by atoms with Crippen LogP contribution in [0.4, 0.5) is 0 Å². The minimum absolute atomic E-state index is 0.0998. The van der Waals surface area contributed by atoms with Crippen molar-refractivity contribution >= 4 is 11.6 Å². The lowest BCUT2D eigenvalue weighted by atomic mass is 9.94. The van der Waals surface area contributed by atoms with Crippen molar-refractivity contribution in [3.8, 4) is 11.6 Å². The van der Waals surface area contributed by atoms with Crippen molar-refractivity contribution in [1.82, 2.24) is 9.97 Å². The molecule has 0 spiro atoms. The van der Waals surface area contributed by atoms with E-state index in [-0.39, 0.29) is 18.8 Å². The van der Waals surface area contributed by atoms with Crippen LogP contribution in [0.25, 0.3) is 0 Å². The third kappa shape index (κ3) is 5.15. The first-order valence-corrected chi connectivity index (χ1v) is 10.2. The van der Waals surface area contributed by atoms with Gasteiger partial charge in [0.2, 0.25) is 5.88 Å². The zero-order valence-corrected chi connectivity index (χ0v) is 17.1. The van der Waals surface area contributed by atoms with E-state index in [0.29, 0.717) is 35.9 Å². The summed E-state index contributed by atoms with van der Waals surface area (Å²) < 4.78 is 11.6. The Kier molecular flexibility index (Phi) is 6.59. The molecule has 1 aliphatic heterocycles. The summed E-state index contributed by atoms with van der Waals surface area (Å²) in [6.45, 7) is -0.0998. The number of hydrogen-bond acceptors (Lipinski definition) is 6. The first kappa shape index (κ1) is 20.8. The van der Waals surface area contributed by atoms with Gasteiger partial charge in [0, 0.05) is 30.1 Å². The zero-order valence-electron chi connectivity index (χ0n) is 16.3. The highest BCUT2D eigenvalue weighted by atomic mass is 35.5. The molecule has 30 heavy (non-hydrogen) atoms. The number of aromatic nitrogens is 2. The third-order valence-corrected chi connectivity index (χ3v) is 5.49. The highest BCUT2D eigenvalue weighted by molar-refractivity contribution is 6.31. The second-order valence-corrected chi connectivity index (χ2v) is 7.78. The molecule has 0 saturated carbocycles. The number of nitrogens with zero attached hydrogens (tertiary/aromatic N) is 2. The van der Waals surface area contributed by atoms with Gasteiger partial charge >= 0.3 is 0 Å². The summed E-state index contributed by atoms with van der Waals surface area (Å²) >= 11 is 6.44. The van der Waals surface area contributed by atoms with Gasteiger partial charge in [-0.3, -0.25) is 0 Å². The normalized spacial score (nSPS) is 21.4. The molecule has 2 heterocycles. The van der Waals surface area contributed by atoms with E-state index in [1.807, 2.05) is 42.5 Å². The molecule has 0 aliphatic carbocycles. The Morgan fingerprint density at radius 3 is 2.67 bits per heavy atom. The molecule has 7 heteroatoms. The topological polar surface area (TPSA) is 84.7 Å². The molecule has 3 aromatic rings. The molecule has 6 nitrogen and oxygen atoms in total. The molecule has 1 fully saturated rings. The van der Waals surface area contributed by atoms with Crippen LogP contribution in [0, 0.1) is 0 Å². The first-order chi connectivity index (χ1) is 14.6.